The Kier molecular flexibility index (Phi) is 3.50. The van der Waals surface area contributed by atoms with E-state index >= 15 is 0 Å². The van der Waals surface area contributed by atoms with Gasteiger partial charge in [0.2, 0.25) is 0 Å². The van der Waals surface area contributed by atoms with E-state index in [9.17, 15) is 0 Å². The summed E-state index contributed by atoms with van der Waals surface area (Å²) in [6.45, 7) is 1.96. The monoisotopic (exact) mass is 245 g/mol. The Balaban J connectivity index is 2.81. The van der Waals surface area contributed by atoms with Crippen LogP contribution in [-0.2, 0) is 0 Å². The summed E-state index contributed by atoms with van der Waals surface area (Å²) in [5.41, 5.74) is 6.35. The van der Waals surface area contributed by atoms with Gasteiger partial charge in [-0.1, -0.05) is 0 Å². The Morgan fingerprint density at radius 1 is 1.77 bits per heavy atom. The lowest BCUT2D eigenvalue weighted by Crippen LogP contribution is -2.19. The molecule has 72 valence electrons. The van der Waals surface area contributed by atoms with Crippen LogP contribution in [0.4, 0.5) is 11.5 Å². The smallest absolute Gasteiger partial charge is 0.125 e. The van der Waals surface area contributed by atoms with Crippen molar-refractivity contribution in [1.82, 2.24) is 4.98 Å². The molecule has 0 aliphatic heterocycles. The molecule has 0 bridgehead atoms. The van der Waals surface area contributed by atoms with Gasteiger partial charge in [-0.3, -0.25) is 0 Å². The highest BCUT2D eigenvalue weighted by atomic mass is 79.9. The number of rotatable bonds is 3. The molecular formula is C8H12BrN3O. The summed E-state index contributed by atoms with van der Waals surface area (Å²) in [5.74, 6) is 0.454. The minimum absolute atomic E-state index is 0.00176. The minimum atomic E-state index is -0.00176. The van der Waals surface area contributed by atoms with Gasteiger partial charge >= 0.3 is 0 Å². The van der Waals surface area contributed by atoms with E-state index < -0.39 is 0 Å². The van der Waals surface area contributed by atoms with Crippen LogP contribution in [-0.4, -0.2) is 22.7 Å². The van der Waals surface area contributed by atoms with Gasteiger partial charge in [0.25, 0.3) is 0 Å². The van der Waals surface area contributed by atoms with Crippen molar-refractivity contribution >= 4 is 27.4 Å². The first-order chi connectivity index (χ1) is 6.13. The zero-order chi connectivity index (χ0) is 9.84. The highest BCUT2D eigenvalue weighted by molar-refractivity contribution is 9.10. The third-order valence-corrected chi connectivity index (χ3v) is 2.18. The Hall–Kier alpha value is -0.810. The molecule has 13 heavy (non-hydrogen) atoms. The van der Waals surface area contributed by atoms with Crippen LogP contribution in [0, 0.1) is 0 Å². The third kappa shape index (κ3) is 2.86. The fourth-order valence-corrected chi connectivity index (χ4v) is 1.21. The summed E-state index contributed by atoms with van der Waals surface area (Å²) < 4.78 is 0.835. The van der Waals surface area contributed by atoms with E-state index in [2.05, 4.69) is 26.2 Å². The number of aliphatic hydroxyl groups is 1. The van der Waals surface area contributed by atoms with Crippen LogP contribution < -0.4 is 11.1 Å². The summed E-state index contributed by atoms with van der Waals surface area (Å²) in [4.78, 5) is 3.90. The SMILES string of the molecule is CC(CO)Nc1cc(N)ncc1Br. The van der Waals surface area contributed by atoms with Gasteiger partial charge in [-0.05, 0) is 22.9 Å². The summed E-state index contributed by atoms with van der Waals surface area (Å²) in [7, 11) is 0. The van der Waals surface area contributed by atoms with Crippen LogP contribution in [0.15, 0.2) is 16.7 Å². The number of aromatic nitrogens is 1. The van der Waals surface area contributed by atoms with Crippen molar-refractivity contribution in [2.45, 2.75) is 13.0 Å². The molecule has 1 heterocycles. The average Bonchev–Trinajstić information content (AvgIpc) is 2.11. The minimum Gasteiger partial charge on any atom is -0.394 e. The maximum atomic E-state index is 8.83. The maximum absolute atomic E-state index is 8.83. The molecule has 0 fully saturated rings. The number of nitrogens with one attached hydrogen (secondary N) is 1. The molecule has 1 rings (SSSR count). The topological polar surface area (TPSA) is 71.2 Å². The van der Waals surface area contributed by atoms with Crippen molar-refractivity contribution in [3.63, 3.8) is 0 Å². The molecule has 0 saturated carbocycles. The molecule has 0 aliphatic rings. The Bertz CT molecular complexity index is 293. The molecule has 4 nitrogen and oxygen atoms in total. The molecule has 4 N–H and O–H groups in total. The van der Waals surface area contributed by atoms with E-state index in [0.29, 0.717) is 5.82 Å². The van der Waals surface area contributed by atoms with Gasteiger partial charge in [0, 0.05) is 18.3 Å². The fraction of sp³-hybridized carbons (Fsp3) is 0.375. The van der Waals surface area contributed by atoms with Crippen LogP contribution >= 0.6 is 15.9 Å². The van der Waals surface area contributed by atoms with Crippen molar-refractivity contribution in [2.24, 2.45) is 0 Å². The van der Waals surface area contributed by atoms with Gasteiger partial charge in [0.05, 0.1) is 16.8 Å². The standard InChI is InChI=1S/C8H12BrN3O/c1-5(4-13)12-7-2-8(10)11-3-6(7)9/h2-3,5,13H,4H2,1H3,(H3,10,11,12). The zero-order valence-corrected chi connectivity index (χ0v) is 8.87. The molecule has 0 amide bonds. The first-order valence-electron chi connectivity index (χ1n) is 3.92. The first-order valence-corrected chi connectivity index (χ1v) is 4.71. The maximum Gasteiger partial charge on any atom is 0.125 e. The molecule has 1 aromatic heterocycles. The van der Waals surface area contributed by atoms with Gasteiger partial charge in [0.1, 0.15) is 5.82 Å². The number of pyridine rings is 1. The molecule has 1 aromatic rings. The summed E-state index contributed by atoms with van der Waals surface area (Å²) in [5, 5.41) is 11.9. The number of hydrogen-bond acceptors (Lipinski definition) is 4. The largest absolute Gasteiger partial charge is 0.394 e. The second-order valence-electron chi connectivity index (χ2n) is 2.82. The fourth-order valence-electron chi connectivity index (χ4n) is 0.877. The van der Waals surface area contributed by atoms with Gasteiger partial charge in [-0.2, -0.15) is 0 Å². The normalized spacial score (nSPS) is 12.5. The lowest BCUT2D eigenvalue weighted by molar-refractivity contribution is 0.281. The quantitative estimate of drug-likeness (QED) is 0.749. The molecule has 1 unspecified atom stereocenters. The van der Waals surface area contributed by atoms with E-state index in [1.807, 2.05) is 6.92 Å². The average molecular weight is 246 g/mol. The molecule has 5 heteroatoms. The Morgan fingerprint density at radius 3 is 3.08 bits per heavy atom. The van der Waals surface area contributed by atoms with E-state index in [-0.39, 0.29) is 12.6 Å². The summed E-state index contributed by atoms with van der Waals surface area (Å²) in [6, 6.07) is 1.72. The predicted molar refractivity (Wildman–Crippen MR) is 56.5 cm³/mol. The number of aliphatic hydroxyl groups excluding tert-OH is 1. The van der Waals surface area contributed by atoms with Gasteiger partial charge < -0.3 is 16.2 Å². The lowest BCUT2D eigenvalue weighted by atomic mass is 10.3. The Morgan fingerprint density at radius 2 is 2.46 bits per heavy atom. The number of halogens is 1. The first kappa shape index (κ1) is 10.3. The number of nitrogens with two attached hydrogens (primary N) is 1. The molecule has 0 aromatic carbocycles. The highest BCUT2D eigenvalue weighted by Gasteiger charge is 2.04. The predicted octanol–water partition coefficient (Wildman–Crippen LogP) is 1.22. The molecule has 1 atom stereocenters. The van der Waals surface area contributed by atoms with Crippen molar-refractivity contribution in [3.05, 3.63) is 16.7 Å². The van der Waals surface area contributed by atoms with E-state index in [0.717, 1.165) is 10.2 Å². The number of nitrogens with zero attached hydrogens (tertiary/aromatic N) is 1. The molecular weight excluding hydrogens is 234 g/mol. The second-order valence-corrected chi connectivity index (χ2v) is 3.67. The van der Waals surface area contributed by atoms with E-state index in [4.69, 9.17) is 10.8 Å². The number of nitrogen functional groups attached to an aromatic ring is 1. The van der Waals surface area contributed by atoms with Gasteiger partial charge in [0.15, 0.2) is 0 Å². The lowest BCUT2D eigenvalue weighted by Gasteiger charge is -2.13. The third-order valence-electron chi connectivity index (χ3n) is 1.55. The molecule has 0 radical (unpaired) electrons. The molecule has 0 saturated heterocycles. The van der Waals surface area contributed by atoms with Crippen molar-refractivity contribution in [1.29, 1.82) is 0 Å². The highest BCUT2D eigenvalue weighted by Crippen LogP contribution is 2.23. The van der Waals surface area contributed by atoms with Crippen molar-refractivity contribution in [2.75, 3.05) is 17.7 Å². The number of anilines is 2. The van der Waals surface area contributed by atoms with E-state index in [1.54, 1.807) is 12.3 Å². The van der Waals surface area contributed by atoms with Crippen molar-refractivity contribution < 1.29 is 5.11 Å². The Labute approximate surface area is 85.3 Å². The van der Waals surface area contributed by atoms with Gasteiger partial charge in [-0.15, -0.1) is 0 Å². The second kappa shape index (κ2) is 4.43. The van der Waals surface area contributed by atoms with E-state index in [1.165, 1.54) is 0 Å². The molecule has 0 aliphatic carbocycles. The van der Waals surface area contributed by atoms with Crippen LogP contribution in [0.3, 0.4) is 0 Å². The summed E-state index contributed by atoms with van der Waals surface area (Å²) >= 11 is 3.33. The van der Waals surface area contributed by atoms with Crippen LogP contribution in [0.1, 0.15) is 6.92 Å². The van der Waals surface area contributed by atoms with Crippen LogP contribution in [0.2, 0.25) is 0 Å². The van der Waals surface area contributed by atoms with Crippen LogP contribution in [0.5, 0.6) is 0 Å². The van der Waals surface area contributed by atoms with Crippen molar-refractivity contribution in [3.8, 4) is 0 Å². The zero-order valence-electron chi connectivity index (χ0n) is 7.29. The number of hydrogen-bond donors (Lipinski definition) is 3. The molecule has 0 spiro atoms. The summed E-state index contributed by atoms with van der Waals surface area (Å²) in [6.07, 6.45) is 1.63. The van der Waals surface area contributed by atoms with Gasteiger partial charge in [-0.25, -0.2) is 4.98 Å². The van der Waals surface area contributed by atoms with Crippen LogP contribution in [0.25, 0.3) is 0 Å².